The molecule has 0 amide bonds. The predicted molar refractivity (Wildman–Crippen MR) is 82.6 cm³/mol. The van der Waals surface area contributed by atoms with E-state index >= 15 is 0 Å². The SMILES string of the molecule is Nc1nc(N)c2cc(Cc3ccc(Cl)cc3)ccc2n1. The van der Waals surface area contributed by atoms with Crippen LogP contribution in [0.25, 0.3) is 10.9 Å². The maximum atomic E-state index is 5.89. The van der Waals surface area contributed by atoms with Crippen molar-refractivity contribution in [3.8, 4) is 0 Å². The van der Waals surface area contributed by atoms with Crippen molar-refractivity contribution in [3.05, 3.63) is 58.6 Å². The minimum absolute atomic E-state index is 0.195. The lowest BCUT2D eigenvalue weighted by molar-refractivity contribution is 1.19. The maximum absolute atomic E-state index is 5.89. The van der Waals surface area contributed by atoms with Crippen LogP contribution in [-0.2, 0) is 6.42 Å². The molecule has 2 aromatic carbocycles. The van der Waals surface area contributed by atoms with Gasteiger partial charge in [-0.25, -0.2) is 4.98 Å². The fourth-order valence-electron chi connectivity index (χ4n) is 2.17. The van der Waals surface area contributed by atoms with Crippen molar-refractivity contribution in [1.82, 2.24) is 9.97 Å². The van der Waals surface area contributed by atoms with E-state index in [1.807, 2.05) is 42.5 Å². The zero-order valence-corrected chi connectivity index (χ0v) is 11.4. The van der Waals surface area contributed by atoms with Gasteiger partial charge in [0.2, 0.25) is 5.95 Å². The van der Waals surface area contributed by atoms with Gasteiger partial charge in [-0.3, -0.25) is 0 Å². The molecule has 0 radical (unpaired) electrons. The zero-order chi connectivity index (χ0) is 14.1. The summed E-state index contributed by atoms with van der Waals surface area (Å²) in [6, 6.07) is 13.7. The third-order valence-corrected chi connectivity index (χ3v) is 3.38. The smallest absolute Gasteiger partial charge is 0.222 e. The minimum Gasteiger partial charge on any atom is -0.383 e. The normalized spacial score (nSPS) is 10.8. The molecule has 0 aliphatic rings. The first-order chi connectivity index (χ1) is 9.61. The molecule has 20 heavy (non-hydrogen) atoms. The van der Waals surface area contributed by atoms with Gasteiger partial charge in [-0.15, -0.1) is 0 Å². The van der Waals surface area contributed by atoms with Crippen molar-refractivity contribution in [2.24, 2.45) is 0 Å². The highest BCUT2D eigenvalue weighted by Gasteiger charge is 2.05. The van der Waals surface area contributed by atoms with Gasteiger partial charge in [-0.1, -0.05) is 29.8 Å². The van der Waals surface area contributed by atoms with E-state index in [1.165, 1.54) is 5.56 Å². The molecular formula is C15H13ClN4. The number of nitrogens with two attached hydrogens (primary N) is 2. The van der Waals surface area contributed by atoms with Crippen molar-refractivity contribution < 1.29 is 0 Å². The van der Waals surface area contributed by atoms with Crippen LogP contribution in [-0.4, -0.2) is 9.97 Å². The van der Waals surface area contributed by atoms with E-state index in [0.717, 1.165) is 27.9 Å². The summed E-state index contributed by atoms with van der Waals surface area (Å²) in [5, 5.41) is 1.56. The Morgan fingerprint density at radius 2 is 1.60 bits per heavy atom. The molecule has 0 spiro atoms. The highest BCUT2D eigenvalue weighted by atomic mass is 35.5. The van der Waals surface area contributed by atoms with E-state index in [9.17, 15) is 0 Å². The lowest BCUT2D eigenvalue weighted by atomic mass is 10.0. The molecule has 0 atom stereocenters. The maximum Gasteiger partial charge on any atom is 0.222 e. The predicted octanol–water partition coefficient (Wildman–Crippen LogP) is 3.04. The third-order valence-electron chi connectivity index (χ3n) is 3.13. The largest absolute Gasteiger partial charge is 0.383 e. The molecule has 0 saturated heterocycles. The Morgan fingerprint density at radius 1 is 0.900 bits per heavy atom. The Hall–Kier alpha value is -2.33. The van der Waals surface area contributed by atoms with E-state index in [2.05, 4.69) is 9.97 Å². The highest BCUT2D eigenvalue weighted by molar-refractivity contribution is 6.30. The Morgan fingerprint density at radius 3 is 2.35 bits per heavy atom. The van der Waals surface area contributed by atoms with Crippen LogP contribution in [0.1, 0.15) is 11.1 Å². The number of benzene rings is 2. The van der Waals surface area contributed by atoms with Crippen molar-refractivity contribution >= 4 is 34.3 Å². The van der Waals surface area contributed by atoms with Gasteiger partial charge in [0.1, 0.15) is 5.82 Å². The number of fused-ring (bicyclic) bond motifs is 1. The average molecular weight is 285 g/mol. The summed E-state index contributed by atoms with van der Waals surface area (Å²) in [6.07, 6.45) is 0.803. The molecule has 3 aromatic rings. The van der Waals surface area contributed by atoms with Crippen LogP contribution < -0.4 is 11.5 Å². The van der Waals surface area contributed by atoms with Crippen LogP contribution in [0.4, 0.5) is 11.8 Å². The second-order valence-corrected chi connectivity index (χ2v) is 5.06. The van der Waals surface area contributed by atoms with Crippen molar-refractivity contribution in [2.75, 3.05) is 11.5 Å². The molecule has 4 nitrogen and oxygen atoms in total. The number of nitrogens with zero attached hydrogens (tertiary/aromatic N) is 2. The van der Waals surface area contributed by atoms with Gasteiger partial charge in [0.05, 0.1) is 5.52 Å². The topological polar surface area (TPSA) is 77.8 Å². The van der Waals surface area contributed by atoms with E-state index in [4.69, 9.17) is 23.1 Å². The molecule has 0 saturated carbocycles. The van der Waals surface area contributed by atoms with Gasteiger partial charge in [0, 0.05) is 10.4 Å². The number of anilines is 2. The van der Waals surface area contributed by atoms with Gasteiger partial charge < -0.3 is 11.5 Å². The quantitative estimate of drug-likeness (QED) is 0.758. The van der Waals surface area contributed by atoms with Crippen LogP contribution in [0.2, 0.25) is 5.02 Å². The molecule has 1 aromatic heterocycles. The first kappa shape index (κ1) is 12.7. The van der Waals surface area contributed by atoms with Crippen LogP contribution in [0.5, 0.6) is 0 Å². The first-order valence-corrected chi connectivity index (χ1v) is 6.56. The number of hydrogen-bond donors (Lipinski definition) is 2. The van der Waals surface area contributed by atoms with Crippen LogP contribution in [0, 0.1) is 0 Å². The third kappa shape index (κ3) is 2.51. The Bertz CT molecular complexity index is 769. The summed E-state index contributed by atoms with van der Waals surface area (Å²) in [4.78, 5) is 8.15. The Kier molecular flexibility index (Phi) is 3.16. The van der Waals surface area contributed by atoms with E-state index < -0.39 is 0 Å². The molecule has 0 unspecified atom stereocenters. The average Bonchev–Trinajstić information content (AvgIpc) is 2.42. The van der Waals surface area contributed by atoms with Crippen LogP contribution >= 0.6 is 11.6 Å². The second-order valence-electron chi connectivity index (χ2n) is 4.62. The lowest BCUT2D eigenvalue weighted by Crippen LogP contribution is -2.01. The summed E-state index contributed by atoms with van der Waals surface area (Å²) < 4.78 is 0. The Balaban J connectivity index is 1.98. The summed E-state index contributed by atoms with van der Waals surface area (Å²) in [5.74, 6) is 0.603. The summed E-state index contributed by atoms with van der Waals surface area (Å²) in [6.45, 7) is 0. The molecule has 0 aliphatic carbocycles. The molecule has 100 valence electrons. The van der Waals surface area contributed by atoms with Crippen LogP contribution in [0.3, 0.4) is 0 Å². The van der Waals surface area contributed by atoms with Gasteiger partial charge >= 0.3 is 0 Å². The van der Waals surface area contributed by atoms with Gasteiger partial charge in [-0.2, -0.15) is 4.98 Å². The van der Waals surface area contributed by atoms with E-state index in [0.29, 0.717) is 5.82 Å². The molecule has 5 heteroatoms. The van der Waals surface area contributed by atoms with Crippen molar-refractivity contribution in [1.29, 1.82) is 0 Å². The fourth-order valence-corrected chi connectivity index (χ4v) is 2.29. The lowest BCUT2D eigenvalue weighted by Gasteiger charge is -2.06. The van der Waals surface area contributed by atoms with Gasteiger partial charge in [-0.05, 0) is 41.8 Å². The van der Waals surface area contributed by atoms with Gasteiger partial charge in [0.15, 0.2) is 0 Å². The number of halogens is 1. The Labute approximate surface area is 121 Å². The summed E-state index contributed by atoms with van der Waals surface area (Å²) in [7, 11) is 0. The second kappa shape index (κ2) is 4.98. The molecule has 1 heterocycles. The molecule has 3 rings (SSSR count). The number of nitrogen functional groups attached to an aromatic ring is 2. The summed E-state index contributed by atoms with van der Waals surface area (Å²) >= 11 is 5.88. The molecule has 0 aliphatic heterocycles. The molecular weight excluding hydrogens is 272 g/mol. The standard InChI is InChI=1S/C15H13ClN4/c16-11-4-1-9(2-5-11)7-10-3-6-13-12(8-10)14(17)20-15(18)19-13/h1-6,8H,7H2,(H4,17,18,19,20). The monoisotopic (exact) mass is 284 g/mol. The molecule has 0 fully saturated rings. The van der Waals surface area contributed by atoms with Crippen molar-refractivity contribution in [3.63, 3.8) is 0 Å². The number of hydrogen-bond acceptors (Lipinski definition) is 4. The zero-order valence-electron chi connectivity index (χ0n) is 10.7. The summed E-state index contributed by atoms with van der Waals surface area (Å²) in [5.41, 5.74) is 14.6. The molecule has 0 bridgehead atoms. The number of aromatic nitrogens is 2. The minimum atomic E-state index is 0.195. The van der Waals surface area contributed by atoms with E-state index in [1.54, 1.807) is 0 Å². The van der Waals surface area contributed by atoms with E-state index in [-0.39, 0.29) is 5.95 Å². The first-order valence-electron chi connectivity index (χ1n) is 6.18. The van der Waals surface area contributed by atoms with Gasteiger partial charge in [0.25, 0.3) is 0 Å². The number of rotatable bonds is 2. The fraction of sp³-hybridized carbons (Fsp3) is 0.0667. The van der Waals surface area contributed by atoms with Crippen LogP contribution in [0.15, 0.2) is 42.5 Å². The molecule has 4 N–H and O–H groups in total. The highest BCUT2D eigenvalue weighted by Crippen LogP contribution is 2.22. The van der Waals surface area contributed by atoms with Crippen molar-refractivity contribution in [2.45, 2.75) is 6.42 Å².